The molecule has 0 bridgehead atoms. The molecule has 0 spiro atoms. The molecule has 0 aromatic carbocycles. The topological polar surface area (TPSA) is 155 Å². The van der Waals surface area contributed by atoms with Crippen LogP contribution < -0.4 is 16.0 Å². The molecule has 0 aromatic rings. The zero-order valence-corrected chi connectivity index (χ0v) is 24.4. The van der Waals surface area contributed by atoms with Crippen LogP contribution in [-0.2, 0) is 38.0 Å². The molecule has 2 rings (SSSR count). The minimum Gasteiger partial charge on any atom is -0.394 e. The first-order valence-corrected chi connectivity index (χ1v) is 15.4. The van der Waals surface area contributed by atoms with Crippen LogP contribution >= 0.6 is 11.8 Å². The highest BCUT2D eigenvalue weighted by atomic mass is 32.2. The van der Waals surface area contributed by atoms with Crippen LogP contribution in [0, 0.1) is 0 Å². The maximum atomic E-state index is 12.0. The van der Waals surface area contributed by atoms with E-state index in [1.54, 1.807) is 0 Å². The molecular formula is C26H49N3O10S. The summed E-state index contributed by atoms with van der Waals surface area (Å²) in [6, 6.07) is 0.418. The number of thioether (sulfide) groups is 1. The number of carbonyl (C=O) groups is 2. The zero-order valence-electron chi connectivity index (χ0n) is 23.6. The third-order valence-electron chi connectivity index (χ3n) is 6.12. The lowest BCUT2D eigenvalue weighted by Crippen LogP contribution is -2.36. The summed E-state index contributed by atoms with van der Waals surface area (Å²) in [6.07, 6.45) is 3.35. The van der Waals surface area contributed by atoms with Gasteiger partial charge in [-0.05, 0) is 12.8 Å². The van der Waals surface area contributed by atoms with Gasteiger partial charge in [-0.3, -0.25) is 4.79 Å². The lowest BCUT2D eigenvalue weighted by atomic mass is 10.0. The maximum Gasteiger partial charge on any atom is 0.315 e. The van der Waals surface area contributed by atoms with Crippen molar-refractivity contribution >= 4 is 23.7 Å². The van der Waals surface area contributed by atoms with Crippen LogP contribution in [0.2, 0.25) is 0 Å². The van der Waals surface area contributed by atoms with Crippen molar-refractivity contribution in [2.45, 2.75) is 43.0 Å². The number of aliphatic hydroxyl groups is 1. The number of hydrogen-bond donors (Lipinski definition) is 4. The van der Waals surface area contributed by atoms with Crippen molar-refractivity contribution in [2.75, 3.05) is 111 Å². The predicted molar refractivity (Wildman–Crippen MR) is 150 cm³/mol. The van der Waals surface area contributed by atoms with E-state index < -0.39 is 0 Å². The van der Waals surface area contributed by atoms with Crippen LogP contribution in [0.3, 0.4) is 0 Å². The van der Waals surface area contributed by atoms with Crippen molar-refractivity contribution in [2.24, 2.45) is 0 Å². The van der Waals surface area contributed by atoms with Gasteiger partial charge in [0.2, 0.25) is 5.91 Å². The molecule has 14 heteroatoms. The summed E-state index contributed by atoms with van der Waals surface area (Å²) in [7, 11) is 0. The monoisotopic (exact) mass is 595 g/mol. The molecule has 4 N–H and O–H groups in total. The Morgan fingerprint density at radius 3 is 1.77 bits per heavy atom. The Morgan fingerprint density at radius 1 is 0.750 bits per heavy atom. The number of unbranched alkanes of at least 4 members (excludes halogenated alkanes) is 1. The van der Waals surface area contributed by atoms with Gasteiger partial charge in [0.05, 0.1) is 111 Å². The van der Waals surface area contributed by atoms with Gasteiger partial charge >= 0.3 is 6.03 Å². The molecule has 234 valence electrons. The summed E-state index contributed by atoms with van der Waals surface area (Å²) >= 11 is 1.90. The Morgan fingerprint density at radius 2 is 1.25 bits per heavy atom. The number of fused-ring (bicyclic) bond motifs is 1. The van der Waals surface area contributed by atoms with Gasteiger partial charge < -0.3 is 54.2 Å². The number of urea groups is 1. The van der Waals surface area contributed by atoms with Crippen molar-refractivity contribution in [1.29, 1.82) is 0 Å². The second-order valence-corrected chi connectivity index (χ2v) is 10.5. The Bertz CT molecular complexity index is 652. The average molecular weight is 596 g/mol. The normalized spacial score (nSPS) is 19.9. The van der Waals surface area contributed by atoms with Gasteiger partial charge in [-0.2, -0.15) is 11.8 Å². The highest BCUT2D eigenvalue weighted by Gasteiger charge is 2.42. The number of carbonyl (C=O) groups excluding carboxylic acids is 2. The minimum absolute atomic E-state index is 0.0223. The lowest BCUT2D eigenvalue weighted by Gasteiger charge is -2.16. The lowest BCUT2D eigenvalue weighted by molar-refractivity contribution is -0.121. The maximum absolute atomic E-state index is 12.0. The van der Waals surface area contributed by atoms with E-state index in [0.717, 1.165) is 25.0 Å². The van der Waals surface area contributed by atoms with E-state index in [1.807, 2.05) is 11.8 Å². The summed E-state index contributed by atoms with van der Waals surface area (Å²) in [4.78, 5) is 23.4. The zero-order chi connectivity index (χ0) is 28.5. The number of rotatable bonds is 28. The molecule has 2 heterocycles. The SMILES string of the molecule is O=C(CCCCC1SCC2NC(=O)NC21)NCCOCCOCCOCCOCCOCCOCCOCCO. The van der Waals surface area contributed by atoms with Crippen molar-refractivity contribution in [3.05, 3.63) is 0 Å². The Kier molecular flexibility index (Phi) is 21.3. The molecule has 2 fully saturated rings. The average Bonchev–Trinajstić information content (AvgIpc) is 3.50. The van der Waals surface area contributed by atoms with Crippen LogP contribution in [0.4, 0.5) is 4.79 Å². The Labute approximate surface area is 242 Å². The summed E-state index contributed by atoms with van der Waals surface area (Å²) in [6.45, 7) is 7.14. The molecule has 3 amide bonds. The van der Waals surface area contributed by atoms with Crippen molar-refractivity contribution in [3.63, 3.8) is 0 Å². The number of aliphatic hydroxyl groups excluding tert-OH is 1. The second kappa shape index (κ2) is 24.4. The number of ether oxygens (including phenoxy) is 7. The molecule has 0 aliphatic carbocycles. The van der Waals surface area contributed by atoms with Gasteiger partial charge in [-0.1, -0.05) is 6.42 Å². The van der Waals surface area contributed by atoms with E-state index in [1.165, 1.54) is 0 Å². The third-order valence-corrected chi connectivity index (χ3v) is 7.63. The molecule has 2 aliphatic heterocycles. The van der Waals surface area contributed by atoms with Crippen LogP contribution in [0.1, 0.15) is 25.7 Å². The van der Waals surface area contributed by atoms with Gasteiger partial charge in [-0.15, -0.1) is 0 Å². The van der Waals surface area contributed by atoms with Crippen molar-refractivity contribution in [3.8, 4) is 0 Å². The Hall–Kier alpha value is -1.23. The highest BCUT2D eigenvalue weighted by molar-refractivity contribution is 8.00. The second-order valence-electron chi connectivity index (χ2n) is 9.23. The first kappa shape index (κ1) is 35.0. The Balaban J connectivity index is 1.21. The largest absolute Gasteiger partial charge is 0.394 e. The smallest absolute Gasteiger partial charge is 0.315 e. The first-order chi connectivity index (χ1) is 19.7. The highest BCUT2D eigenvalue weighted by Crippen LogP contribution is 2.33. The van der Waals surface area contributed by atoms with Crippen molar-refractivity contribution in [1.82, 2.24) is 16.0 Å². The molecule has 0 radical (unpaired) electrons. The van der Waals surface area contributed by atoms with Gasteiger partial charge in [0, 0.05) is 24.0 Å². The van der Waals surface area contributed by atoms with Gasteiger partial charge in [-0.25, -0.2) is 4.79 Å². The van der Waals surface area contributed by atoms with Crippen LogP contribution in [-0.4, -0.2) is 146 Å². The summed E-state index contributed by atoms with van der Waals surface area (Å²) in [5, 5.41) is 17.8. The fraction of sp³-hybridized carbons (Fsp3) is 0.923. The number of nitrogens with one attached hydrogen (secondary N) is 3. The fourth-order valence-electron chi connectivity index (χ4n) is 4.11. The summed E-state index contributed by atoms with van der Waals surface area (Å²) in [5.41, 5.74) is 0. The molecule has 40 heavy (non-hydrogen) atoms. The molecule has 2 saturated heterocycles. The van der Waals surface area contributed by atoms with E-state index in [2.05, 4.69) is 16.0 Å². The van der Waals surface area contributed by atoms with Gasteiger partial charge in [0.1, 0.15) is 0 Å². The molecular weight excluding hydrogens is 546 g/mol. The number of amides is 3. The van der Waals surface area contributed by atoms with Crippen LogP contribution in [0.25, 0.3) is 0 Å². The minimum atomic E-state index is -0.0591. The first-order valence-electron chi connectivity index (χ1n) is 14.3. The molecule has 0 saturated carbocycles. The quantitative estimate of drug-likeness (QED) is 0.0710. The van der Waals surface area contributed by atoms with Gasteiger partial charge in [0.15, 0.2) is 0 Å². The van der Waals surface area contributed by atoms with E-state index in [0.29, 0.717) is 111 Å². The predicted octanol–water partition coefficient (Wildman–Crippen LogP) is -0.0631. The molecule has 3 atom stereocenters. The van der Waals surface area contributed by atoms with E-state index in [-0.39, 0.29) is 30.6 Å². The molecule has 3 unspecified atom stereocenters. The van der Waals surface area contributed by atoms with Crippen LogP contribution in [0.5, 0.6) is 0 Å². The molecule has 13 nitrogen and oxygen atoms in total. The van der Waals surface area contributed by atoms with Crippen LogP contribution in [0.15, 0.2) is 0 Å². The van der Waals surface area contributed by atoms with E-state index in [9.17, 15) is 9.59 Å². The van der Waals surface area contributed by atoms with E-state index in [4.69, 9.17) is 38.3 Å². The van der Waals surface area contributed by atoms with Crippen molar-refractivity contribution < 1.29 is 47.9 Å². The van der Waals surface area contributed by atoms with E-state index >= 15 is 0 Å². The fourth-order valence-corrected chi connectivity index (χ4v) is 5.65. The summed E-state index contributed by atoms with van der Waals surface area (Å²) in [5.74, 6) is 1.01. The van der Waals surface area contributed by atoms with Gasteiger partial charge in [0.25, 0.3) is 0 Å². The number of hydrogen-bond acceptors (Lipinski definition) is 11. The molecule has 0 aromatic heterocycles. The molecule has 2 aliphatic rings. The summed E-state index contributed by atoms with van der Waals surface area (Å²) < 4.78 is 37.6. The standard InChI is InChI=1S/C26H49N3O10S/c30-6-8-34-10-12-36-14-16-38-18-20-39-19-17-37-15-13-35-11-9-33-7-5-27-24(31)4-2-1-3-23-25-22(21-40-23)28-26(32)29-25/h22-23,25,30H,1-21H2,(H,27,31)(H2,28,29,32). The third kappa shape index (κ3) is 17.6.